The average Bonchev–Trinajstić information content (AvgIpc) is 2.43. The van der Waals surface area contributed by atoms with Crippen molar-refractivity contribution in [3.8, 4) is 0 Å². The predicted molar refractivity (Wildman–Crippen MR) is 86.1 cm³/mol. The number of thioether (sulfide) groups is 1. The topological polar surface area (TPSA) is 63.3 Å². The van der Waals surface area contributed by atoms with E-state index in [0.29, 0.717) is 11.4 Å². The molecule has 3 N–H and O–H groups in total. The Morgan fingerprint density at radius 3 is 2.60 bits per heavy atom. The summed E-state index contributed by atoms with van der Waals surface area (Å²) in [7, 11) is 0. The normalized spacial score (nSPS) is 12.1. The average molecular weight is 352 g/mol. The van der Waals surface area contributed by atoms with Gasteiger partial charge in [-0.15, -0.1) is 11.8 Å². The highest BCUT2D eigenvalue weighted by molar-refractivity contribution is 9.10. The van der Waals surface area contributed by atoms with Gasteiger partial charge in [0.05, 0.1) is 5.92 Å². The summed E-state index contributed by atoms with van der Waals surface area (Å²) in [6.45, 7) is 0. The molecule has 2 aromatic rings. The fourth-order valence-corrected chi connectivity index (χ4v) is 3.44. The fourth-order valence-electron chi connectivity index (χ4n) is 1.80. The molecular weight excluding hydrogens is 338 g/mol. The van der Waals surface area contributed by atoms with Gasteiger partial charge in [-0.3, -0.25) is 4.79 Å². The second-order valence-corrected chi connectivity index (χ2v) is 6.27. The van der Waals surface area contributed by atoms with Crippen molar-refractivity contribution in [3.05, 3.63) is 58.6 Å². The van der Waals surface area contributed by atoms with Crippen LogP contribution in [-0.2, 0) is 4.79 Å². The van der Waals surface area contributed by atoms with E-state index in [4.69, 9.17) is 5.73 Å². The number of carboxylic acids is 1. The molecule has 0 heterocycles. The molecule has 5 heteroatoms. The Balaban J connectivity index is 2.14. The molecule has 1 unspecified atom stereocenters. The number of benzene rings is 2. The van der Waals surface area contributed by atoms with Crippen molar-refractivity contribution in [2.75, 3.05) is 11.5 Å². The monoisotopic (exact) mass is 351 g/mol. The molecular formula is C15H14BrNO2S. The number of rotatable bonds is 5. The molecule has 1 atom stereocenters. The van der Waals surface area contributed by atoms with Crippen LogP contribution in [0.15, 0.2) is 57.9 Å². The number of hydrogen-bond donors (Lipinski definition) is 2. The van der Waals surface area contributed by atoms with E-state index in [0.717, 1.165) is 14.9 Å². The molecule has 0 aliphatic rings. The van der Waals surface area contributed by atoms with E-state index < -0.39 is 11.9 Å². The van der Waals surface area contributed by atoms with E-state index in [2.05, 4.69) is 15.9 Å². The largest absolute Gasteiger partial charge is 0.481 e. The molecule has 2 rings (SSSR count). The minimum absolute atomic E-state index is 0.444. The number of carbonyl (C=O) groups is 1. The van der Waals surface area contributed by atoms with Gasteiger partial charge in [0.25, 0.3) is 0 Å². The lowest BCUT2D eigenvalue weighted by atomic mass is 10.0. The number of aliphatic carboxylic acids is 1. The summed E-state index contributed by atoms with van der Waals surface area (Å²) in [6, 6.07) is 14.8. The molecule has 0 aliphatic heterocycles. The third kappa shape index (κ3) is 3.77. The first-order valence-electron chi connectivity index (χ1n) is 6.03. The summed E-state index contributed by atoms with van der Waals surface area (Å²) >= 11 is 4.85. The number of halogens is 1. The highest BCUT2D eigenvalue weighted by Crippen LogP contribution is 2.32. The second-order valence-electron chi connectivity index (χ2n) is 4.29. The number of nitrogens with two attached hydrogens (primary N) is 1. The minimum atomic E-state index is -0.822. The molecule has 104 valence electrons. The van der Waals surface area contributed by atoms with Crippen molar-refractivity contribution in [3.63, 3.8) is 0 Å². The van der Waals surface area contributed by atoms with E-state index in [-0.39, 0.29) is 0 Å². The lowest BCUT2D eigenvalue weighted by Crippen LogP contribution is -2.14. The molecule has 2 aromatic carbocycles. The van der Waals surface area contributed by atoms with Crippen LogP contribution in [0, 0.1) is 0 Å². The fraction of sp³-hybridized carbons (Fsp3) is 0.133. The van der Waals surface area contributed by atoms with Gasteiger partial charge in [0.1, 0.15) is 0 Å². The number of nitrogen functional groups attached to an aromatic ring is 1. The standard InChI is InChI=1S/C15H14BrNO2S/c16-11-6-7-13(17)14(8-11)20-9-12(15(18)19)10-4-2-1-3-5-10/h1-8,12H,9,17H2,(H,18,19). The van der Waals surface area contributed by atoms with Crippen molar-refractivity contribution in [1.82, 2.24) is 0 Å². The quantitative estimate of drug-likeness (QED) is 0.631. The second kappa shape index (κ2) is 6.81. The van der Waals surface area contributed by atoms with Crippen LogP contribution >= 0.6 is 27.7 Å². The Hall–Kier alpha value is -1.46. The molecule has 0 spiro atoms. The first kappa shape index (κ1) is 14.9. The Kier molecular flexibility index (Phi) is 5.09. The SMILES string of the molecule is Nc1ccc(Br)cc1SCC(C(=O)O)c1ccccc1. The number of hydrogen-bond acceptors (Lipinski definition) is 3. The lowest BCUT2D eigenvalue weighted by Gasteiger charge is -2.13. The van der Waals surface area contributed by atoms with Crippen LogP contribution in [0.4, 0.5) is 5.69 Å². The molecule has 0 aliphatic carbocycles. The zero-order valence-corrected chi connectivity index (χ0v) is 13.0. The van der Waals surface area contributed by atoms with Crippen molar-refractivity contribution >= 4 is 39.3 Å². The molecule has 20 heavy (non-hydrogen) atoms. The Morgan fingerprint density at radius 2 is 1.95 bits per heavy atom. The van der Waals surface area contributed by atoms with Crippen molar-refractivity contribution in [2.24, 2.45) is 0 Å². The maximum absolute atomic E-state index is 11.4. The number of carboxylic acid groups (broad SMARTS) is 1. The lowest BCUT2D eigenvalue weighted by molar-refractivity contribution is -0.138. The van der Waals surface area contributed by atoms with Crippen LogP contribution in [0.5, 0.6) is 0 Å². The van der Waals surface area contributed by atoms with Crippen LogP contribution in [0.25, 0.3) is 0 Å². The Labute approximate surface area is 130 Å². The summed E-state index contributed by atoms with van der Waals surface area (Å²) in [6.07, 6.45) is 0. The van der Waals surface area contributed by atoms with Crippen molar-refractivity contribution < 1.29 is 9.90 Å². The van der Waals surface area contributed by atoms with Crippen molar-refractivity contribution in [2.45, 2.75) is 10.8 Å². The van der Waals surface area contributed by atoms with E-state index in [1.165, 1.54) is 11.8 Å². The van der Waals surface area contributed by atoms with Gasteiger partial charge in [-0.1, -0.05) is 46.3 Å². The van der Waals surface area contributed by atoms with E-state index in [9.17, 15) is 9.90 Å². The van der Waals surface area contributed by atoms with Gasteiger partial charge in [-0.25, -0.2) is 0 Å². The third-order valence-electron chi connectivity index (χ3n) is 2.88. The summed E-state index contributed by atoms with van der Waals surface area (Å²) < 4.78 is 0.931. The van der Waals surface area contributed by atoms with Gasteiger partial charge in [0.2, 0.25) is 0 Å². The molecule has 0 saturated carbocycles. The molecule has 0 aromatic heterocycles. The van der Waals surface area contributed by atoms with Gasteiger partial charge >= 0.3 is 5.97 Å². The summed E-state index contributed by atoms with van der Waals surface area (Å²) in [5, 5.41) is 9.37. The molecule has 0 bridgehead atoms. The smallest absolute Gasteiger partial charge is 0.311 e. The van der Waals surface area contributed by atoms with Crippen LogP contribution in [0.1, 0.15) is 11.5 Å². The molecule has 0 saturated heterocycles. The number of anilines is 1. The molecule has 0 amide bonds. The minimum Gasteiger partial charge on any atom is -0.481 e. The highest BCUT2D eigenvalue weighted by atomic mass is 79.9. The van der Waals surface area contributed by atoms with E-state index >= 15 is 0 Å². The van der Waals surface area contributed by atoms with Gasteiger partial charge in [-0.2, -0.15) is 0 Å². The maximum Gasteiger partial charge on any atom is 0.311 e. The van der Waals surface area contributed by atoms with Gasteiger partial charge < -0.3 is 10.8 Å². The third-order valence-corrected chi connectivity index (χ3v) is 4.54. The predicted octanol–water partition coefficient (Wildman–Crippen LogP) is 3.99. The van der Waals surface area contributed by atoms with Gasteiger partial charge in [0, 0.05) is 20.8 Å². The van der Waals surface area contributed by atoms with Crippen LogP contribution in [0.3, 0.4) is 0 Å². The van der Waals surface area contributed by atoms with E-state index in [1.54, 1.807) is 0 Å². The highest BCUT2D eigenvalue weighted by Gasteiger charge is 2.20. The molecule has 0 radical (unpaired) electrons. The first-order chi connectivity index (χ1) is 9.58. The summed E-state index contributed by atoms with van der Waals surface area (Å²) in [5.41, 5.74) is 7.37. The maximum atomic E-state index is 11.4. The molecule has 0 fully saturated rings. The summed E-state index contributed by atoms with van der Waals surface area (Å²) in [5.74, 6) is -0.920. The zero-order chi connectivity index (χ0) is 14.5. The first-order valence-corrected chi connectivity index (χ1v) is 7.81. The van der Waals surface area contributed by atoms with Crippen LogP contribution in [-0.4, -0.2) is 16.8 Å². The Morgan fingerprint density at radius 1 is 1.25 bits per heavy atom. The zero-order valence-electron chi connectivity index (χ0n) is 10.6. The Bertz CT molecular complexity index is 604. The van der Waals surface area contributed by atoms with Gasteiger partial charge in [0.15, 0.2) is 0 Å². The molecule has 3 nitrogen and oxygen atoms in total. The van der Waals surface area contributed by atoms with E-state index in [1.807, 2.05) is 48.5 Å². The van der Waals surface area contributed by atoms with Crippen LogP contribution in [0.2, 0.25) is 0 Å². The van der Waals surface area contributed by atoms with Crippen LogP contribution < -0.4 is 5.73 Å². The summed E-state index contributed by atoms with van der Waals surface area (Å²) in [4.78, 5) is 12.3. The van der Waals surface area contributed by atoms with Gasteiger partial charge in [-0.05, 0) is 23.8 Å². The van der Waals surface area contributed by atoms with Crippen molar-refractivity contribution in [1.29, 1.82) is 0 Å².